The van der Waals surface area contributed by atoms with Gasteiger partial charge in [0.05, 0.1) is 31.6 Å². The molecule has 1 fully saturated rings. The van der Waals surface area contributed by atoms with Crippen molar-refractivity contribution in [3.05, 3.63) is 52.3 Å². The first-order valence-corrected chi connectivity index (χ1v) is 8.23. The standard InChI is InChI=1S/C18H21N3O4/c1-13-2-4-14(5-3-13)16-6-7-18(23)21(20-16)11-17(22)19-10-15-12-24-8-9-25-15/h2-7,15H,8-12H2,1H3,(H,19,22)/t15-/m1/s1. The molecule has 0 unspecified atom stereocenters. The molecule has 0 radical (unpaired) electrons. The first-order valence-electron chi connectivity index (χ1n) is 8.23. The van der Waals surface area contributed by atoms with Crippen LogP contribution in [0.25, 0.3) is 11.3 Å². The van der Waals surface area contributed by atoms with Crippen molar-refractivity contribution in [2.45, 2.75) is 19.6 Å². The van der Waals surface area contributed by atoms with E-state index >= 15 is 0 Å². The van der Waals surface area contributed by atoms with Crippen LogP contribution in [-0.2, 0) is 20.8 Å². The van der Waals surface area contributed by atoms with E-state index in [1.165, 1.54) is 10.7 Å². The third kappa shape index (κ3) is 4.74. The first kappa shape index (κ1) is 17.3. The number of nitrogens with one attached hydrogen (secondary N) is 1. The summed E-state index contributed by atoms with van der Waals surface area (Å²) in [6.07, 6.45) is -0.152. The fourth-order valence-corrected chi connectivity index (χ4v) is 2.51. The van der Waals surface area contributed by atoms with Crippen molar-refractivity contribution >= 4 is 5.91 Å². The Morgan fingerprint density at radius 1 is 1.24 bits per heavy atom. The van der Waals surface area contributed by atoms with Crippen molar-refractivity contribution in [3.63, 3.8) is 0 Å². The smallest absolute Gasteiger partial charge is 0.267 e. The van der Waals surface area contributed by atoms with Crippen molar-refractivity contribution in [2.24, 2.45) is 0 Å². The molecular weight excluding hydrogens is 322 g/mol. The molecule has 1 saturated heterocycles. The molecule has 3 rings (SSSR count). The van der Waals surface area contributed by atoms with Crippen LogP contribution < -0.4 is 10.9 Å². The Hall–Kier alpha value is -2.51. The van der Waals surface area contributed by atoms with Crippen LogP contribution in [0.2, 0.25) is 0 Å². The van der Waals surface area contributed by atoms with Gasteiger partial charge >= 0.3 is 0 Å². The summed E-state index contributed by atoms with van der Waals surface area (Å²) in [5, 5.41) is 7.05. The maximum Gasteiger partial charge on any atom is 0.267 e. The van der Waals surface area contributed by atoms with Gasteiger partial charge in [-0.3, -0.25) is 9.59 Å². The Balaban J connectivity index is 1.65. The first-order chi connectivity index (χ1) is 12.1. The van der Waals surface area contributed by atoms with E-state index in [9.17, 15) is 9.59 Å². The summed E-state index contributed by atoms with van der Waals surface area (Å²) in [5.41, 5.74) is 2.37. The molecule has 1 atom stereocenters. The highest BCUT2D eigenvalue weighted by molar-refractivity contribution is 5.75. The number of hydrogen-bond donors (Lipinski definition) is 1. The van der Waals surface area contributed by atoms with Crippen molar-refractivity contribution in [2.75, 3.05) is 26.4 Å². The lowest BCUT2D eigenvalue weighted by Crippen LogP contribution is -2.41. The summed E-state index contributed by atoms with van der Waals surface area (Å²) >= 11 is 0. The number of rotatable bonds is 5. The Labute approximate surface area is 145 Å². The molecule has 132 valence electrons. The number of benzene rings is 1. The van der Waals surface area contributed by atoms with Crippen molar-refractivity contribution < 1.29 is 14.3 Å². The van der Waals surface area contributed by atoms with Gasteiger partial charge in [-0.05, 0) is 13.0 Å². The van der Waals surface area contributed by atoms with Gasteiger partial charge in [0, 0.05) is 18.2 Å². The Bertz CT molecular complexity index is 780. The van der Waals surface area contributed by atoms with Crippen molar-refractivity contribution in [1.29, 1.82) is 0 Å². The van der Waals surface area contributed by atoms with E-state index in [1.54, 1.807) is 6.07 Å². The van der Waals surface area contributed by atoms with Gasteiger partial charge in [0.1, 0.15) is 6.54 Å². The summed E-state index contributed by atoms with van der Waals surface area (Å²) in [6, 6.07) is 10.9. The molecular formula is C18H21N3O4. The van der Waals surface area contributed by atoms with Gasteiger partial charge in [-0.15, -0.1) is 0 Å². The zero-order chi connectivity index (χ0) is 17.6. The van der Waals surface area contributed by atoms with Crippen molar-refractivity contribution in [1.82, 2.24) is 15.1 Å². The molecule has 0 spiro atoms. The normalized spacial score (nSPS) is 17.2. The number of hydrogen-bond acceptors (Lipinski definition) is 5. The molecule has 0 saturated carbocycles. The van der Waals surface area contributed by atoms with Crippen LogP contribution in [0.4, 0.5) is 0 Å². The Morgan fingerprint density at radius 2 is 2.04 bits per heavy atom. The average Bonchev–Trinajstić information content (AvgIpc) is 2.63. The van der Waals surface area contributed by atoms with E-state index in [0.29, 0.717) is 32.1 Å². The maximum atomic E-state index is 12.1. The summed E-state index contributed by atoms with van der Waals surface area (Å²) < 4.78 is 11.9. The molecule has 2 heterocycles. The topological polar surface area (TPSA) is 82.5 Å². The Morgan fingerprint density at radius 3 is 2.76 bits per heavy atom. The quantitative estimate of drug-likeness (QED) is 0.866. The monoisotopic (exact) mass is 343 g/mol. The predicted octanol–water partition coefficient (Wildman–Crippen LogP) is 0.750. The molecule has 25 heavy (non-hydrogen) atoms. The SMILES string of the molecule is Cc1ccc(-c2ccc(=O)n(CC(=O)NC[C@@H]3COCCO3)n2)cc1. The fourth-order valence-electron chi connectivity index (χ4n) is 2.51. The number of aryl methyl sites for hydroxylation is 1. The molecule has 7 heteroatoms. The third-order valence-corrected chi connectivity index (χ3v) is 3.92. The summed E-state index contributed by atoms with van der Waals surface area (Å²) in [6.45, 7) is 3.79. The molecule has 1 aromatic carbocycles. The number of carbonyl (C=O) groups excluding carboxylic acids is 1. The zero-order valence-electron chi connectivity index (χ0n) is 14.1. The predicted molar refractivity (Wildman–Crippen MR) is 92.2 cm³/mol. The third-order valence-electron chi connectivity index (χ3n) is 3.92. The largest absolute Gasteiger partial charge is 0.376 e. The van der Waals surface area contributed by atoms with Crippen LogP contribution in [0.3, 0.4) is 0 Å². The lowest BCUT2D eigenvalue weighted by Gasteiger charge is -2.23. The molecule has 1 aliphatic heterocycles. The molecule has 0 aliphatic carbocycles. The Kier molecular flexibility index (Phi) is 5.57. The van der Waals surface area contributed by atoms with E-state index in [-0.39, 0.29) is 24.1 Å². The van der Waals surface area contributed by atoms with Crippen LogP contribution in [0.1, 0.15) is 5.56 Å². The second-order valence-corrected chi connectivity index (χ2v) is 5.95. The van der Waals surface area contributed by atoms with Crippen LogP contribution in [-0.4, -0.2) is 48.2 Å². The highest BCUT2D eigenvalue weighted by atomic mass is 16.6. The van der Waals surface area contributed by atoms with Gasteiger partial charge in [0.15, 0.2) is 0 Å². The van der Waals surface area contributed by atoms with Crippen LogP contribution in [0.15, 0.2) is 41.2 Å². The van der Waals surface area contributed by atoms with Gasteiger partial charge in [-0.2, -0.15) is 5.10 Å². The highest BCUT2D eigenvalue weighted by Crippen LogP contribution is 2.15. The number of aromatic nitrogens is 2. The fraction of sp³-hybridized carbons (Fsp3) is 0.389. The number of nitrogens with zero attached hydrogens (tertiary/aromatic N) is 2. The highest BCUT2D eigenvalue weighted by Gasteiger charge is 2.15. The molecule has 0 bridgehead atoms. The molecule has 1 aliphatic rings. The number of ether oxygens (including phenoxy) is 2. The minimum atomic E-state index is -0.316. The molecule has 7 nitrogen and oxygen atoms in total. The summed E-state index contributed by atoms with van der Waals surface area (Å²) in [5.74, 6) is -0.287. The summed E-state index contributed by atoms with van der Waals surface area (Å²) in [4.78, 5) is 24.1. The van der Waals surface area contributed by atoms with E-state index in [4.69, 9.17) is 9.47 Å². The van der Waals surface area contributed by atoms with E-state index < -0.39 is 0 Å². The van der Waals surface area contributed by atoms with Crippen molar-refractivity contribution in [3.8, 4) is 11.3 Å². The van der Waals surface area contributed by atoms with E-state index in [1.807, 2.05) is 31.2 Å². The van der Waals surface area contributed by atoms with Gasteiger partial charge < -0.3 is 14.8 Å². The van der Waals surface area contributed by atoms with Crippen LogP contribution in [0, 0.1) is 6.92 Å². The van der Waals surface area contributed by atoms with Gasteiger partial charge in [0.2, 0.25) is 5.91 Å². The lowest BCUT2D eigenvalue weighted by molar-refractivity contribution is -0.124. The van der Waals surface area contributed by atoms with Crippen LogP contribution >= 0.6 is 0 Å². The molecule has 1 N–H and O–H groups in total. The molecule has 1 amide bonds. The maximum absolute atomic E-state index is 12.1. The second-order valence-electron chi connectivity index (χ2n) is 5.95. The number of amides is 1. The molecule has 2 aromatic rings. The summed E-state index contributed by atoms with van der Waals surface area (Å²) in [7, 11) is 0. The van der Waals surface area contributed by atoms with E-state index in [0.717, 1.165) is 11.1 Å². The second kappa shape index (κ2) is 8.04. The molecule has 1 aromatic heterocycles. The van der Waals surface area contributed by atoms with Gasteiger partial charge in [0.25, 0.3) is 5.56 Å². The minimum absolute atomic E-state index is 0.133. The number of carbonyl (C=O) groups is 1. The van der Waals surface area contributed by atoms with Gasteiger partial charge in [-0.1, -0.05) is 29.8 Å². The lowest BCUT2D eigenvalue weighted by atomic mass is 10.1. The average molecular weight is 343 g/mol. The zero-order valence-corrected chi connectivity index (χ0v) is 14.1. The van der Waals surface area contributed by atoms with E-state index in [2.05, 4.69) is 10.4 Å². The van der Waals surface area contributed by atoms with Gasteiger partial charge in [-0.25, -0.2) is 4.68 Å². The minimum Gasteiger partial charge on any atom is -0.376 e. The van der Waals surface area contributed by atoms with Crippen LogP contribution in [0.5, 0.6) is 0 Å².